The first kappa shape index (κ1) is 16.3. The van der Waals surface area contributed by atoms with Crippen molar-refractivity contribution in [3.63, 3.8) is 0 Å². The van der Waals surface area contributed by atoms with Crippen LogP contribution in [-0.4, -0.2) is 50.8 Å². The third-order valence-corrected chi connectivity index (χ3v) is 5.70. The number of ether oxygens (including phenoxy) is 1. The Bertz CT molecular complexity index is 274. The topological polar surface area (TPSA) is 24.5 Å². The summed E-state index contributed by atoms with van der Waals surface area (Å²) in [4.78, 5) is 2.67. The monoisotopic (exact) mass is 282 g/mol. The lowest BCUT2D eigenvalue weighted by Crippen LogP contribution is -2.47. The number of likely N-dealkylation sites (tertiary alicyclic amines) is 1. The SMILES string of the molecule is CNC1CCC(C(C)C)CC1CN1CCC(OC)CC1. The van der Waals surface area contributed by atoms with E-state index in [1.54, 1.807) is 0 Å². The summed E-state index contributed by atoms with van der Waals surface area (Å²) in [6.45, 7) is 8.51. The highest BCUT2D eigenvalue weighted by Gasteiger charge is 2.32. The van der Waals surface area contributed by atoms with E-state index in [-0.39, 0.29) is 0 Å². The third-order valence-electron chi connectivity index (χ3n) is 5.70. The van der Waals surface area contributed by atoms with Crippen LogP contribution in [-0.2, 0) is 4.74 Å². The van der Waals surface area contributed by atoms with Crippen molar-refractivity contribution in [2.75, 3.05) is 33.8 Å². The predicted octanol–water partition coefficient (Wildman–Crippen LogP) is 2.76. The Kier molecular flexibility index (Phi) is 6.31. The Morgan fingerprint density at radius 1 is 1.15 bits per heavy atom. The van der Waals surface area contributed by atoms with Crippen LogP contribution in [0, 0.1) is 17.8 Å². The van der Waals surface area contributed by atoms with Crippen LogP contribution in [0.4, 0.5) is 0 Å². The van der Waals surface area contributed by atoms with Crippen LogP contribution in [0.5, 0.6) is 0 Å². The molecule has 1 aliphatic carbocycles. The second-order valence-electron chi connectivity index (χ2n) is 7.21. The first-order chi connectivity index (χ1) is 9.63. The normalized spacial score (nSPS) is 33.8. The first-order valence-corrected chi connectivity index (χ1v) is 8.56. The molecule has 1 aliphatic heterocycles. The van der Waals surface area contributed by atoms with E-state index in [0.29, 0.717) is 6.10 Å². The average Bonchev–Trinajstić information content (AvgIpc) is 2.48. The number of piperidine rings is 1. The zero-order valence-electron chi connectivity index (χ0n) is 13.9. The Hall–Kier alpha value is -0.120. The van der Waals surface area contributed by atoms with Crippen molar-refractivity contribution in [3.05, 3.63) is 0 Å². The maximum Gasteiger partial charge on any atom is 0.0595 e. The minimum atomic E-state index is 0.501. The fourth-order valence-corrected chi connectivity index (χ4v) is 4.15. The van der Waals surface area contributed by atoms with Gasteiger partial charge >= 0.3 is 0 Å². The molecule has 0 aromatic heterocycles. The number of nitrogens with one attached hydrogen (secondary N) is 1. The molecule has 118 valence electrons. The number of hydrogen-bond donors (Lipinski definition) is 1. The average molecular weight is 282 g/mol. The number of rotatable bonds is 5. The zero-order valence-corrected chi connectivity index (χ0v) is 13.9. The summed E-state index contributed by atoms with van der Waals surface area (Å²) in [5, 5.41) is 3.57. The summed E-state index contributed by atoms with van der Waals surface area (Å²) >= 11 is 0. The van der Waals surface area contributed by atoms with Gasteiger partial charge in [0, 0.05) is 32.8 Å². The van der Waals surface area contributed by atoms with Crippen molar-refractivity contribution in [1.29, 1.82) is 0 Å². The molecule has 3 atom stereocenters. The van der Waals surface area contributed by atoms with E-state index in [9.17, 15) is 0 Å². The molecule has 1 N–H and O–H groups in total. The zero-order chi connectivity index (χ0) is 14.5. The quantitative estimate of drug-likeness (QED) is 0.839. The van der Waals surface area contributed by atoms with Gasteiger partial charge in [0.1, 0.15) is 0 Å². The molecule has 1 saturated carbocycles. The van der Waals surface area contributed by atoms with Crippen molar-refractivity contribution in [3.8, 4) is 0 Å². The summed E-state index contributed by atoms with van der Waals surface area (Å²) < 4.78 is 5.48. The maximum absolute atomic E-state index is 5.48. The van der Waals surface area contributed by atoms with Gasteiger partial charge in [0.25, 0.3) is 0 Å². The lowest BCUT2D eigenvalue weighted by atomic mass is 9.73. The molecule has 0 aromatic carbocycles. The number of hydrogen-bond acceptors (Lipinski definition) is 3. The molecule has 0 radical (unpaired) electrons. The lowest BCUT2D eigenvalue weighted by molar-refractivity contribution is 0.0287. The van der Waals surface area contributed by atoms with Crippen molar-refractivity contribution in [1.82, 2.24) is 10.2 Å². The second kappa shape index (κ2) is 7.77. The Labute approximate surface area is 125 Å². The van der Waals surface area contributed by atoms with E-state index >= 15 is 0 Å². The molecule has 0 amide bonds. The van der Waals surface area contributed by atoms with Gasteiger partial charge in [0.15, 0.2) is 0 Å². The second-order valence-corrected chi connectivity index (χ2v) is 7.21. The highest BCUT2D eigenvalue weighted by Crippen LogP contribution is 2.34. The highest BCUT2D eigenvalue weighted by molar-refractivity contribution is 4.87. The minimum absolute atomic E-state index is 0.501. The van der Waals surface area contributed by atoms with Crippen molar-refractivity contribution in [2.45, 2.75) is 58.1 Å². The van der Waals surface area contributed by atoms with Gasteiger partial charge in [-0.3, -0.25) is 0 Å². The fourth-order valence-electron chi connectivity index (χ4n) is 4.15. The minimum Gasteiger partial charge on any atom is -0.381 e. The molecule has 3 nitrogen and oxygen atoms in total. The summed E-state index contributed by atoms with van der Waals surface area (Å²) in [5.74, 6) is 2.61. The molecular weight excluding hydrogens is 248 g/mol. The van der Waals surface area contributed by atoms with E-state index in [2.05, 4.69) is 31.1 Å². The summed E-state index contributed by atoms with van der Waals surface area (Å²) in [5.41, 5.74) is 0. The van der Waals surface area contributed by atoms with E-state index in [1.165, 1.54) is 51.7 Å². The third kappa shape index (κ3) is 4.19. The molecule has 1 saturated heterocycles. The molecule has 3 unspecified atom stereocenters. The van der Waals surface area contributed by atoms with Crippen molar-refractivity contribution >= 4 is 0 Å². The largest absolute Gasteiger partial charge is 0.381 e. The lowest BCUT2D eigenvalue weighted by Gasteiger charge is -2.41. The van der Waals surface area contributed by atoms with Crippen LogP contribution in [0.15, 0.2) is 0 Å². The Balaban J connectivity index is 1.85. The molecule has 0 bridgehead atoms. The Morgan fingerprint density at radius 3 is 2.40 bits per heavy atom. The molecule has 3 heteroatoms. The molecule has 2 fully saturated rings. The molecule has 0 aromatic rings. The van der Waals surface area contributed by atoms with Crippen LogP contribution in [0.1, 0.15) is 46.0 Å². The van der Waals surface area contributed by atoms with Crippen LogP contribution < -0.4 is 5.32 Å². The van der Waals surface area contributed by atoms with Gasteiger partial charge in [-0.15, -0.1) is 0 Å². The van der Waals surface area contributed by atoms with Gasteiger partial charge in [-0.2, -0.15) is 0 Å². The maximum atomic E-state index is 5.48. The first-order valence-electron chi connectivity index (χ1n) is 8.56. The molecule has 0 spiro atoms. The molecule has 2 rings (SSSR count). The van der Waals surface area contributed by atoms with E-state index in [1.807, 2.05) is 7.11 Å². The van der Waals surface area contributed by atoms with Gasteiger partial charge < -0.3 is 15.0 Å². The van der Waals surface area contributed by atoms with Gasteiger partial charge in [0.2, 0.25) is 0 Å². The van der Waals surface area contributed by atoms with Crippen LogP contribution in [0.25, 0.3) is 0 Å². The summed E-state index contributed by atoms with van der Waals surface area (Å²) in [7, 11) is 4.00. The van der Waals surface area contributed by atoms with Gasteiger partial charge in [-0.05, 0) is 56.9 Å². The van der Waals surface area contributed by atoms with E-state index < -0.39 is 0 Å². The number of nitrogens with zero attached hydrogens (tertiary/aromatic N) is 1. The smallest absolute Gasteiger partial charge is 0.0595 e. The van der Waals surface area contributed by atoms with Gasteiger partial charge in [0.05, 0.1) is 6.10 Å². The van der Waals surface area contributed by atoms with Gasteiger partial charge in [-0.1, -0.05) is 13.8 Å². The predicted molar refractivity (Wildman–Crippen MR) is 85.0 cm³/mol. The number of methoxy groups -OCH3 is 1. The van der Waals surface area contributed by atoms with Gasteiger partial charge in [-0.25, -0.2) is 0 Å². The van der Waals surface area contributed by atoms with Crippen LogP contribution in [0.3, 0.4) is 0 Å². The van der Waals surface area contributed by atoms with E-state index in [0.717, 1.165) is 23.8 Å². The van der Waals surface area contributed by atoms with Crippen molar-refractivity contribution < 1.29 is 4.74 Å². The van der Waals surface area contributed by atoms with Crippen LogP contribution in [0.2, 0.25) is 0 Å². The molecule has 20 heavy (non-hydrogen) atoms. The molecule has 2 aliphatic rings. The summed E-state index contributed by atoms with van der Waals surface area (Å²) in [6, 6.07) is 0.727. The standard InChI is InChI=1S/C17H34N2O/c1-13(2)14-5-6-17(18-3)15(11-14)12-19-9-7-16(20-4)8-10-19/h13-18H,5-12H2,1-4H3. The van der Waals surface area contributed by atoms with E-state index in [4.69, 9.17) is 4.74 Å². The van der Waals surface area contributed by atoms with Crippen molar-refractivity contribution in [2.24, 2.45) is 17.8 Å². The molecule has 1 heterocycles. The fraction of sp³-hybridized carbons (Fsp3) is 1.00. The Morgan fingerprint density at radius 2 is 1.85 bits per heavy atom. The molecular formula is C17H34N2O. The highest BCUT2D eigenvalue weighted by atomic mass is 16.5. The summed E-state index contributed by atoms with van der Waals surface area (Å²) in [6.07, 6.45) is 7.10. The van der Waals surface area contributed by atoms with Crippen LogP contribution >= 0.6 is 0 Å².